The number of nitrogens with one attached hydrogen (secondary N) is 1. The van der Waals surface area contributed by atoms with Crippen LogP contribution in [0, 0.1) is 0 Å². The van der Waals surface area contributed by atoms with Crippen LogP contribution in [0.25, 0.3) is 11.3 Å². The van der Waals surface area contributed by atoms with E-state index >= 15 is 0 Å². The van der Waals surface area contributed by atoms with Gasteiger partial charge in [-0.05, 0) is 55.3 Å². The van der Waals surface area contributed by atoms with Gasteiger partial charge in [0, 0.05) is 18.7 Å². The van der Waals surface area contributed by atoms with Crippen molar-refractivity contribution in [2.75, 3.05) is 26.1 Å². The first-order valence-electron chi connectivity index (χ1n) is 10.6. The van der Waals surface area contributed by atoms with Gasteiger partial charge in [0.2, 0.25) is 11.7 Å². The molecule has 0 aliphatic heterocycles. The van der Waals surface area contributed by atoms with Gasteiger partial charge in [-0.1, -0.05) is 13.3 Å². The molecule has 0 atom stereocenters. The molecule has 2 N–H and O–H groups in total. The van der Waals surface area contributed by atoms with E-state index in [4.69, 9.17) is 14.2 Å². The van der Waals surface area contributed by atoms with Crippen molar-refractivity contribution in [3.05, 3.63) is 48.2 Å². The summed E-state index contributed by atoms with van der Waals surface area (Å²) in [5.74, 6) is 2.40. The number of ether oxygens (including phenoxy) is 3. The van der Waals surface area contributed by atoms with Gasteiger partial charge in [-0.2, -0.15) is 0 Å². The Hall–Kier alpha value is -3.35. The number of benzene rings is 2. The molecule has 0 saturated carbocycles. The van der Waals surface area contributed by atoms with Crippen LogP contribution in [0.2, 0.25) is 0 Å². The zero-order valence-electron chi connectivity index (χ0n) is 18.6. The summed E-state index contributed by atoms with van der Waals surface area (Å²) in [5.41, 5.74) is 3.06. The lowest BCUT2D eigenvalue weighted by molar-refractivity contribution is 0.339. The number of hydrogen-bond donors (Lipinski definition) is 2. The molecule has 0 bridgehead atoms. The number of imidazole rings is 1. The molecule has 0 unspecified atom stereocenters. The van der Waals surface area contributed by atoms with Crippen molar-refractivity contribution in [3.8, 4) is 34.3 Å². The maximum atomic E-state index is 10.1. The Balaban J connectivity index is 1.84. The van der Waals surface area contributed by atoms with Crippen LogP contribution in [-0.4, -0.2) is 35.5 Å². The van der Waals surface area contributed by atoms with Crippen molar-refractivity contribution >= 4 is 5.95 Å². The summed E-state index contributed by atoms with van der Waals surface area (Å²) in [7, 11) is 3.04. The molecule has 166 valence electrons. The lowest BCUT2D eigenvalue weighted by atomic mass is 10.1. The number of anilines is 1. The molecular weight excluding hydrogens is 394 g/mol. The molecule has 0 aliphatic rings. The lowest BCUT2D eigenvalue weighted by Crippen LogP contribution is -2.09. The maximum absolute atomic E-state index is 10.1. The number of unbranched alkanes of at least 4 members (excludes halogenated alkanes) is 1. The second-order valence-electron chi connectivity index (χ2n) is 7.13. The molecule has 0 aliphatic carbocycles. The Bertz CT molecular complexity index is 958. The number of aromatic nitrogens is 2. The summed E-state index contributed by atoms with van der Waals surface area (Å²) in [6.07, 6.45) is 4.04. The van der Waals surface area contributed by atoms with E-state index in [1.165, 1.54) is 14.2 Å². The largest absolute Gasteiger partial charge is 0.502 e. The SMILES string of the molecule is CCCCn1c(-c2ccc(OCC)cc2)cnc1NCc1cc(OC)c(O)c(OC)c1. The summed E-state index contributed by atoms with van der Waals surface area (Å²) in [4.78, 5) is 4.63. The summed E-state index contributed by atoms with van der Waals surface area (Å²) < 4.78 is 18.3. The average molecular weight is 426 g/mol. The minimum Gasteiger partial charge on any atom is -0.502 e. The molecule has 0 spiro atoms. The van der Waals surface area contributed by atoms with Gasteiger partial charge in [-0.3, -0.25) is 0 Å². The fraction of sp³-hybridized carbons (Fsp3) is 0.375. The van der Waals surface area contributed by atoms with Gasteiger partial charge < -0.3 is 29.2 Å². The van der Waals surface area contributed by atoms with Crippen LogP contribution < -0.4 is 19.5 Å². The molecule has 1 heterocycles. The molecule has 0 saturated heterocycles. The Labute approximate surface area is 183 Å². The predicted molar refractivity (Wildman–Crippen MR) is 122 cm³/mol. The highest BCUT2D eigenvalue weighted by Crippen LogP contribution is 2.37. The zero-order chi connectivity index (χ0) is 22.2. The fourth-order valence-corrected chi connectivity index (χ4v) is 3.41. The number of phenols is 1. The van der Waals surface area contributed by atoms with Gasteiger partial charge in [0.25, 0.3) is 0 Å². The van der Waals surface area contributed by atoms with E-state index < -0.39 is 0 Å². The number of hydrogen-bond acceptors (Lipinski definition) is 6. The van der Waals surface area contributed by atoms with Crippen molar-refractivity contribution in [1.82, 2.24) is 9.55 Å². The molecule has 2 aromatic carbocycles. The second-order valence-corrected chi connectivity index (χ2v) is 7.13. The first-order chi connectivity index (χ1) is 15.1. The molecule has 0 fully saturated rings. The van der Waals surface area contributed by atoms with Crippen LogP contribution in [0.3, 0.4) is 0 Å². The highest BCUT2D eigenvalue weighted by atomic mass is 16.5. The molecule has 0 radical (unpaired) electrons. The number of rotatable bonds is 11. The van der Waals surface area contributed by atoms with Gasteiger partial charge >= 0.3 is 0 Å². The third-order valence-corrected chi connectivity index (χ3v) is 5.04. The topological polar surface area (TPSA) is 77.8 Å². The van der Waals surface area contributed by atoms with E-state index in [1.807, 2.05) is 25.3 Å². The summed E-state index contributed by atoms with van der Waals surface area (Å²) in [6.45, 7) is 6.18. The Morgan fingerprint density at radius 1 is 1.03 bits per heavy atom. The highest BCUT2D eigenvalue weighted by molar-refractivity contribution is 5.63. The summed E-state index contributed by atoms with van der Waals surface area (Å²) in [6, 6.07) is 11.7. The molecule has 3 aromatic rings. The van der Waals surface area contributed by atoms with Crippen molar-refractivity contribution < 1.29 is 19.3 Å². The molecule has 1 aromatic heterocycles. The minimum absolute atomic E-state index is 0.00372. The minimum atomic E-state index is -0.00372. The molecule has 31 heavy (non-hydrogen) atoms. The molecule has 0 amide bonds. The average Bonchev–Trinajstić information content (AvgIpc) is 3.20. The quantitative estimate of drug-likeness (QED) is 0.446. The third-order valence-electron chi connectivity index (χ3n) is 5.04. The van der Waals surface area contributed by atoms with Crippen LogP contribution in [0.5, 0.6) is 23.0 Å². The fourth-order valence-electron chi connectivity index (χ4n) is 3.41. The molecule has 7 heteroatoms. The number of methoxy groups -OCH3 is 2. The standard InChI is InChI=1S/C24H31N3O4/c1-5-7-12-27-20(18-8-10-19(11-9-18)31-6-2)16-26-24(27)25-15-17-13-21(29-3)23(28)22(14-17)30-4/h8-11,13-14,16,28H,5-7,12,15H2,1-4H3,(H,25,26). The summed E-state index contributed by atoms with van der Waals surface area (Å²) in [5, 5.41) is 13.5. The first-order valence-corrected chi connectivity index (χ1v) is 10.6. The normalized spacial score (nSPS) is 10.7. The maximum Gasteiger partial charge on any atom is 0.203 e. The van der Waals surface area contributed by atoms with E-state index in [1.54, 1.807) is 12.1 Å². The number of nitrogens with zero attached hydrogens (tertiary/aromatic N) is 2. The zero-order valence-corrected chi connectivity index (χ0v) is 18.6. The molecule has 7 nitrogen and oxygen atoms in total. The smallest absolute Gasteiger partial charge is 0.203 e. The van der Waals surface area contributed by atoms with Gasteiger partial charge in [0.1, 0.15) is 5.75 Å². The van der Waals surface area contributed by atoms with Crippen LogP contribution in [0.15, 0.2) is 42.6 Å². The van der Waals surface area contributed by atoms with Crippen LogP contribution >= 0.6 is 0 Å². The van der Waals surface area contributed by atoms with Crippen LogP contribution in [0.4, 0.5) is 5.95 Å². The van der Waals surface area contributed by atoms with Crippen molar-refractivity contribution in [1.29, 1.82) is 0 Å². The second kappa shape index (κ2) is 10.6. The third kappa shape index (κ3) is 5.23. The highest BCUT2D eigenvalue weighted by Gasteiger charge is 2.14. The first kappa shape index (κ1) is 22.3. The Kier molecular flexibility index (Phi) is 7.65. The Morgan fingerprint density at radius 2 is 1.71 bits per heavy atom. The van der Waals surface area contributed by atoms with Gasteiger partial charge in [0.15, 0.2) is 11.5 Å². The van der Waals surface area contributed by atoms with E-state index in [9.17, 15) is 5.11 Å². The van der Waals surface area contributed by atoms with Gasteiger partial charge in [-0.25, -0.2) is 4.98 Å². The van der Waals surface area contributed by atoms with Crippen molar-refractivity contribution in [2.24, 2.45) is 0 Å². The van der Waals surface area contributed by atoms with E-state index in [-0.39, 0.29) is 5.75 Å². The van der Waals surface area contributed by atoms with Gasteiger partial charge in [-0.15, -0.1) is 0 Å². The van der Waals surface area contributed by atoms with E-state index in [2.05, 4.69) is 33.9 Å². The van der Waals surface area contributed by atoms with Crippen molar-refractivity contribution in [3.63, 3.8) is 0 Å². The van der Waals surface area contributed by atoms with Crippen molar-refractivity contribution in [2.45, 2.75) is 39.8 Å². The number of phenolic OH excluding ortho intramolecular Hbond substituents is 1. The van der Waals surface area contributed by atoms with Gasteiger partial charge in [0.05, 0.1) is 32.7 Å². The molecular formula is C24H31N3O4. The van der Waals surface area contributed by atoms with Crippen LogP contribution in [-0.2, 0) is 13.1 Å². The lowest BCUT2D eigenvalue weighted by Gasteiger charge is -2.15. The van der Waals surface area contributed by atoms with E-state index in [0.717, 1.165) is 47.9 Å². The van der Waals surface area contributed by atoms with Crippen LogP contribution in [0.1, 0.15) is 32.3 Å². The van der Waals surface area contributed by atoms with E-state index in [0.29, 0.717) is 24.7 Å². The predicted octanol–water partition coefficient (Wildman–Crippen LogP) is 5.08. The summed E-state index contributed by atoms with van der Waals surface area (Å²) >= 11 is 0. The molecule has 3 rings (SSSR count). The monoisotopic (exact) mass is 425 g/mol. The number of aromatic hydroxyl groups is 1. The Morgan fingerprint density at radius 3 is 2.29 bits per heavy atom.